The minimum atomic E-state index is -4.95. The number of rotatable bonds is 6. The summed E-state index contributed by atoms with van der Waals surface area (Å²) in [5.74, 6) is -2.92. The standard InChI is InChI=1S/C22H22F6O/c1-2-3-14-9-18(23)17(19(24)10-14)7-5-13-4-6-15-12-21(29-22(26,27)28)20(25)11-16(15)8-13/h9-13H,2-8H2,1H3. The van der Waals surface area contributed by atoms with Crippen LogP contribution in [0.3, 0.4) is 0 Å². The summed E-state index contributed by atoms with van der Waals surface area (Å²) in [6.45, 7) is 1.94. The zero-order valence-electron chi connectivity index (χ0n) is 16.0. The van der Waals surface area contributed by atoms with Gasteiger partial charge in [-0.25, -0.2) is 13.2 Å². The van der Waals surface area contributed by atoms with E-state index in [4.69, 9.17) is 0 Å². The smallest absolute Gasteiger partial charge is 0.403 e. The lowest BCUT2D eigenvalue weighted by Gasteiger charge is -2.25. The zero-order valence-corrected chi connectivity index (χ0v) is 16.0. The van der Waals surface area contributed by atoms with Crippen molar-refractivity contribution >= 4 is 0 Å². The summed E-state index contributed by atoms with van der Waals surface area (Å²) in [6, 6.07) is 4.91. The molecule has 1 aliphatic rings. The summed E-state index contributed by atoms with van der Waals surface area (Å²) in [7, 11) is 0. The summed E-state index contributed by atoms with van der Waals surface area (Å²) in [4.78, 5) is 0. The normalized spacial score (nSPS) is 16.6. The average molecular weight is 416 g/mol. The van der Waals surface area contributed by atoms with Crippen molar-refractivity contribution in [2.24, 2.45) is 5.92 Å². The van der Waals surface area contributed by atoms with E-state index in [2.05, 4.69) is 4.74 Å². The van der Waals surface area contributed by atoms with Gasteiger partial charge in [-0.3, -0.25) is 0 Å². The van der Waals surface area contributed by atoms with Crippen LogP contribution < -0.4 is 4.74 Å². The van der Waals surface area contributed by atoms with E-state index in [1.807, 2.05) is 6.92 Å². The van der Waals surface area contributed by atoms with Gasteiger partial charge >= 0.3 is 6.36 Å². The fraction of sp³-hybridized carbons (Fsp3) is 0.455. The van der Waals surface area contributed by atoms with Gasteiger partial charge in [0.1, 0.15) is 11.6 Å². The maximum Gasteiger partial charge on any atom is 0.573 e. The molecule has 7 heteroatoms. The first-order valence-corrected chi connectivity index (χ1v) is 9.70. The van der Waals surface area contributed by atoms with E-state index in [1.54, 1.807) is 0 Å². The van der Waals surface area contributed by atoms with Crippen LogP contribution in [0.25, 0.3) is 0 Å². The second kappa shape index (κ2) is 8.67. The van der Waals surface area contributed by atoms with Crippen LogP contribution >= 0.6 is 0 Å². The van der Waals surface area contributed by atoms with Crippen LogP contribution in [-0.4, -0.2) is 6.36 Å². The molecule has 1 unspecified atom stereocenters. The molecule has 0 amide bonds. The Hall–Kier alpha value is -2.18. The highest BCUT2D eigenvalue weighted by Gasteiger charge is 2.33. The van der Waals surface area contributed by atoms with Crippen molar-refractivity contribution < 1.29 is 31.1 Å². The van der Waals surface area contributed by atoms with Crippen molar-refractivity contribution in [3.05, 3.63) is 64.0 Å². The van der Waals surface area contributed by atoms with Gasteiger partial charge in [-0.15, -0.1) is 13.2 Å². The van der Waals surface area contributed by atoms with Gasteiger partial charge in [-0.05, 0) is 85.4 Å². The molecule has 1 nitrogen and oxygen atoms in total. The van der Waals surface area contributed by atoms with E-state index >= 15 is 0 Å². The van der Waals surface area contributed by atoms with Gasteiger partial charge in [0, 0.05) is 5.56 Å². The number of aryl methyl sites for hydroxylation is 2. The van der Waals surface area contributed by atoms with E-state index in [0.29, 0.717) is 48.8 Å². The van der Waals surface area contributed by atoms with Gasteiger partial charge in [-0.1, -0.05) is 13.3 Å². The number of fused-ring (bicyclic) bond motifs is 1. The Morgan fingerprint density at radius 2 is 1.62 bits per heavy atom. The molecule has 0 heterocycles. The van der Waals surface area contributed by atoms with Crippen LogP contribution in [0, 0.1) is 23.4 Å². The minimum Gasteiger partial charge on any atom is -0.403 e. The molecule has 1 aliphatic carbocycles. The second-order valence-corrected chi connectivity index (χ2v) is 7.53. The van der Waals surface area contributed by atoms with Gasteiger partial charge in [0.15, 0.2) is 11.6 Å². The molecule has 0 spiro atoms. The Morgan fingerprint density at radius 1 is 0.931 bits per heavy atom. The lowest BCUT2D eigenvalue weighted by atomic mass is 9.81. The molecule has 1 atom stereocenters. The van der Waals surface area contributed by atoms with Gasteiger partial charge in [0.05, 0.1) is 0 Å². The number of hydrogen-bond donors (Lipinski definition) is 0. The van der Waals surface area contributed by atoms with E-state index < -0.39 is 29.6 Å². The molecule has 0 aromatic heterocycles. The Bertz CT molecular complexity index is 851. The first-order chi connectivity index (χ1) is 13.7. The molecule has 3 rings (SSSR count). The number of hydrogen-bond acceptors (Lipinski definition) is 1. The molecule has 0 bridgehead atoms. The summed E-state index contributed by atoms with van der Waals surface area (Å²) in [6.07, 6.45) is -1.23. The highest BCUT2D eigenvalue weighted by Crippen LogP contribution is 2.35. The summed E-state index contributed by atoms with van der Waals surface area (Å²) in [5, 5.41) is 0. The third-order valence-electron chi connectivity index (χ3n) is 5.35. The lowest BCUT2D eigenvalue weighted by Crippen LogP contribution is -2.20. The molecule has 0 saturated heterocycles. The number of halogens is 6. The van der Waals surface area contributed by atoms with Crippen molar-refractivity contribution in [1.82, 2.24) is 0 Å². The summed E-state index contributed by atoms with van der Waals surface area (Å²) >= 11 is 0. The first-order valence-electron chi connectivity index (χ1n) is 9.70. The molecule has 0 radical (unpaired) electrons. The first kappa shape index (κ1) is 21.5. The molecule has 0 aliphatic heterocycles. The molecule has 2 aromatic rings. The summed E-state index contributed by atoms with van der Waals surface area (Å²) < 4.78 is 83.3. The molecule has 2 aromatic carbocycles. The van der Waals surface area contributed by atoms with Gasteiger partial charge < -0.3 is 4.74 Å². The second-order valence-electron chi connectivity index (χ2n) is 7.53. The Morgan fingerprint density at radius 3 is 2.24 bits per heavy atom. The quantitative estimate of drug-likeness (QED) is 0.477. The topological polar surface area (TPSA) is 9.23 Å². The predicted molar refractivity (Wildman–Crippen MR) is 97.3 cm³/mol. The monoisotopic (exact) mass is 416 g/mol. The Kier molecular flexibility index (Phi) is 6.44. The Labute approximate surface area is 165 Å². The van der Waals surface area contributed by atoms with Crippen molar-refractivity contribution in [2.75, 3.05) is 0 Å². The van der Waals surface area contributed by atoms with Crippen LogP contribution in [-0.2, 0) is 25.7 Å². The molecule has 0 saturated carbocycles. The van der Waals surface area contributed by atoms with Crippen LogP contribution in [0.1, 0.15) is 48.4 Å². The number of benzene rings is 2. The molecular formula is C22H22F6O. The van der Waals surface area contributed by atoms with Crippen molar-refractivity contribution in [2.45, 2.75) is 58.2 Å². The third-order valence-corrected chi connectivity index (χ3v) is 5.35. The largest absolute Gasteiger partial charge is 0.573 e. The molecule has 158 valence electrons. The minimum absolute atomic E-state index is 0.0516. The highest BCUT2D eigenvalue weighted by molar-refractivity contribution is 5.39. The van der Waals surface area contributed by atoms with E-state index in [-0.39, 0.29) is 17.9 Å². The third kappa shape index (κ3) is 5.46. The van der Waals surface area contributed by atoms with Crippen LogP contribution in [0.15, 0.2) is 24.3 Å². The average Bonchev–Trinajstić information content (AvgIpc) is 2.61. The van der Waals surface area contributed by atoms with Gasteiger partial charge in [-0.2, -0.15) is 0 Å². The SMILES string of the molecule is CCCc1cc(F)c(CCC2CCc3cc(OC(F)(F)F)c(F)cc3C2)c(F)c1. The molecule has 0 N–H and O–H groups in total. The van der Waals surface area contributed by atoms with Gasteiger partial charge in [0.25, 0.3) is 0 Å². The van der Waals surface area contributed by atoms with Crippen LogP contribution in [0.5, 0.6) is 5.75 Å². The van der Waals surface area contributed by atoms with Gasteiger partial charge in [0.2, 0.25) is 0 Å². The van der Waals surface area contributed by atoms with Crippen molar-refractivity contribution in [3.8, 4) is 5.75 Å². The molecule has 29 heavy (non-hydrogen) atoms. The van der Waals surface area contributed by atoms with E-state index in [0.717, 1.165) is 18.6 Å². The lowest BCUT2D eigenvalue weighted by molar-refractivity contribution is -0.275. The van der Waals surface area contributed by atoms with E-state index in [9.17, 15) is 26.3 Å². The Balaban J connectivity index is 1.67. The summed E-state index contributed by atoms with van der Waals surface area (Å²) in [5.41, 5.74) is 1.91. The molecule has 0 fully saturated rings. The fourth-order valence-corrected chi connectivity index (χ4v) is 3.96. The maximum absolute atomic E-state index is 14.3. The number of alkyl halides is 3. The predicted octanol–water partition coefficient (Wildman–Crippen LogP) is 6.69. The fourth-order valence-electron chi connectivity index (χ4n) is 3.96. The van der Waals surface area contributed by atoms with E-state index in [1.165, 1.54) is 12.1 Å². The zero-order chi connectivity index (χ0) is 21.2. The number of ether oxygens (including phenoxy) is 1. The highest BCUT2D eigenvalue weighted by atomic mass is 19.4. The maximum atomic E-state index is 14.3. The van der Waals surface area contributed by atoms with Crippen LogP contribution in [0.2, 0.25) is 0 Å². The van der Waals surface area contributed by atoms with Crippen LogP contribution in [0.4, 0.5) is 26.3 Å². The molecular weight excluding hydrogens is 394 g/mol. The van der Waals surface area contributed by atoms with Crippen molar-refractivity contribution in [1.29, 1.82) is 0 Å². The van der Waals surface area contributed by atoms with Crippen molar-refractivity contribution in [3.63, 3.8) is 0 Å².